The van der Waals surface area contributed by atoms with Crippen LogP contribution in [0.2, 0.25) is 0 Å². The van der Waals surface area contributed by atoms with Gasteiger partial charge in [0, 0.05) is 18.6 Å². The van der Waals surface area contributed by atoms with E-state index in [0.717, 1.165) is 28.4 Å². The summed E-state index contributed by atoms with van der Waals surface area (Å²) in [4.78, 5) is 15.1. The third-order valence-corrected chi connectivity index (χ3v) is 3.48. The minimum absolute atomic E-state index is 0.368. The molecular formula is C20H30N4O2. The summed E-state index contributed by atoms with van der Waals surface area (Å²) in [5.74, 6) is 0.834. The molecule has 0 saturated carbocycles. The smallest absolute Gasteiger partial charge is 0.154 e. The first-order valence-electron chi connectivity index (χ1n) is 8.43. The van der Waals surface area contributed by atoms with Gasteiger partial charge in [-0.1, -0.05) is 32.0 Å². The number of phenols is 1. The van der Waals surface area contributed by atoms with Crippen LogP contribution in [0.25, 0.3) is 11.0 Å². The maximum absolute atomic E-state index is 10.8. The molecule has 6 heteroatoms. The highest BCUT2D eigenvalue weighted by atomic mass is 16.3. The molecule has 0 saturated heterocycles. The average Bonchev–Trinajstić information content (AvgIpc) is 2.91. The molecule has 0 radical (unpaired) electrons. The second-order valence-electron chi connectivity index (χ2n) is 5.15. The third-order valence-electron chi connectivity index (χ3n) is 3.48. The molecule has 0 unspecified atom stereocenters. The molecule has 26 heavy (non-hydrogen) atoms. The Morgan fingerprint density at radius 1 is 1.15 bits per heavy atom. The molecule has 0 fully saturated rings. The van der Waals surface area contributed by atoms with Crippen molar-refractivity contribution in [3.8, 4) is 5.75 Å². The molecule has 3 rings (SSSR count). The first kappa shape index (κ1) is 23.1. The number of aldehydes is 1. The number of nitrogens with two attached hydrogens (primary N) is 2. The molecule has 0 spiro atoms. The van der Waals surface area contributed by atoms with Gasteiger partial charge in [0.15, 0.2) is 6.29 Å². The normalized spacial score (nSPS) is 9.04. The topological polar surface area (TPSA) is 107 Å². The fraction of sp³-hybridized carbons (Fsp3) is 0.300. The van der Waals surface area contributed by atoms with E-state index in [1.54, 1.807) is 23.9 Å². The van der Waals surface area contributed by atoms with Crippen molar-refractivity contribution in [3.05, 3.63) is 53.2 Å². The van der Waals surface area contributed by atoms with Crippen molar-refractivity contribution in [1.82, 2.24) is 9.55 Å². The van der Waals surface area contributed by atoms with Crippen molar-refractivity contribution in [3.63, 3.8) is 0 Å². The van der Waals surface area contributed by atoms with Crippen molar-refractivity contribution in [1.29, 1.82) is 0 Å². The van der Waals surface area contributed by atoms with Crippen LogP contribution in [0.1, 0.15) is 35.3 Å². The minimum atomic E-state index is 0.368. The minimum Gasteiger partial charge on any atom is -0.508 e. The van der Waals surface area contributed by atoms with Crippen LogP contribution in [0, 0.1) is 13.8 Å². The maximum atomic E-state index is 10.8. The maximum Gasteiger partial charge on any atom is 0.154 e. The Balaban J connectivity index is 0.000000444. The Kier molecular flexibility index (Phi) is 10.4. The Hall–Kier alpha value is -2.86. The van der Waals surface area contributed by atoms with Crippen molar-refractivity contribution >= 4 is 23.1 Å². The lowest BCUT2D eigenvalue weighted by Crippen LogP contribution is -1.98. The quantitative estimate of drug-likeness (QED) is 0.576. The number of rotatable bonds is 1. The molecule has 0 atom stereocenters. The summed E-state index contributed by atoms with van der Waals surface area (Å²) in [6.07, 6.45) is 2.54. The lowest BCUT2D eigenvalue weighted by Gasteiger charge is -1.96. The van der Waals surface area contributed by atoms with Gasteiger partial charge in [-0.25, -0.2) is 4.98 Å². The van der Waals surface area contributed by atoms with Crippen molar-refractivity contribution in [2.75, 3.05) is 12.8 Å². The molecule has 0 aliphatic rings. The summed E-state index contributed by atoms with van der Waals surface area (Å²) in [5.41, 5.74) is 13.5. The zero-order valence-electron chi connectivity index (χ0n) is 16.4. The van der Waals surface area contributed by atoms with Crippen molar-refractivity contribution in [2.24, 2.45) is 12.8 Å². The monoisotopic (exact) mass is 358 g/mol. The summed E-state index contributed by atoms with van der Waals surface area (Å²) in [5, 5.41) is 9.74. The number of phenolic OH excluding ortho intramolecular Hbond substituents is 1. The Labute approximate surface area is 155 Å². The van der Waals surface area contributed by atoms with Gasteiger partial charge in [0.05, 0.1) is 5.56 Å². The summed E-state index contributed by atoms with van der Waals surface area (Å²) in [6, 6.07) is 9.17. The first-order valence-corrected chi connectivity index (χ1v) is 8.43. The van der Waals surface area contributed by atoms with Crippen molar-refractivity contribution < 1.29 is 9.90 Å². The summed E-state index contributed by atoms with van der Waals surface area (Å²) in [6.45, 7) is 7.81. The van der Waals surface area contributed by atoms with Crippen LogP contribution in [0.15, 0.2) is 36.5 Å². The molecule has 2 heterocycles. The molecule has 0 bridgehead atoms. The van der Waals surface area contributed by atoms with E-state index in [4.69, 9.17) is 10.8 Å². The molecule has 0 amide bonds. The van der Waals surface area contributed by atoms with Gasteiger partial charge in [0.2, 0.25) is 0 Å². The highest BCUT2D eigenvalue weighted by Gasteiger charge is 2.12. The van der Waals surface area contributed by atoms with Crippen molar-refractivity contribution in [2.45, 2.75) is 27.7 Å². The zero-order chi connectivity index (χ0) is 20.3. The van der Waals surface area contributed by atoms with E-state index in [1.807, 2.05) is 52.0 Å². The molecule has 3 aromatic rings. The van der Waals surface area contributed by atoms with Crippen LogP contribution in [0.5, 0.6) is 5.75 Å². The number of aromatic hydroxyl groups is 1. The van der Waals surface area contributed by atoms with Crippen LogP contribution >= 0.6 is 0 Å². The molecule has 1 aromatic carbocycles. The number of nitrogen functional groups attached to an aromatic ring is 1. The van der Waals surface area contributed by atoms with E-state index < -0.39 is 0 Å². The van der Waals surface area contributed by atoms with Gasteiger partial charge in [-0.05, 0) is 44.2 Å². The summed E-state index contributed by atoms with van der Waals surface area (Å²) >= 11 is 0. The molecular weight excluding hydrogens is 328 g/mol. The van der Waals surface area contributed by atoms with E-state index in [-0.39, 0.29) is 0 Å². The number of pyridine rings is 1. The molecule has 6 nitrogen and oxygen atoms in total. The zero-order valence-corrected chi connectivity index (χ0v) is 16.4. The van der Waals surface area contributed by atoms with Gasteiger partial charge in [-0.15, -0.1) is 0 Å². The van der Waals surface area contributed by atoms with Crippen LogP contribution in [0.3, 0.4) is 0 Å². The number of benzene rings is 1. The molecule has 142 valence electrons. The first-order chi connectivity index (χ1) is 12.5. The number of anilines is 1. The molecule has 2 aromatic heterocycles. The number of carbonyl (C=O) groups excluding carboxylic acids is 1. The Bertz CT molecular complexity index is 805. The highest BCUT2D eigenvalue weighted by molar-refractivity contribution is 6.02. The van der Waals surface area contributed by atoms with E-state index >= 15 is 0 Å². The van der Waals surface area contributed by atoms with Gasteiger partial charge >= 0.3 is 0 Å². The fourth-order valence-corrected chi connectivity index (χ4v) is 2.15. The highest BCUT2D eigenvalue weighted by Crippen LogP contribution is 2.24. The lowest BCUT2D eigenvalue weighted by atomic mass is 10.2. The lowest BCUT2D eigenvalue weighted by molar-refractivity contribution is 0.112. The fourth-order valence-electron chi connectivity index (χ4n) is 2.15. The largest absolute Gasteiger partial charge is 0.508 e. The average molecular weight is 358 g/mol. The van der Waals surface area contributed by atoms with Gasteiger partial charge < -0.3 is 21.1 Å². The van der Waals surface area contributed by atoms with E-state index in [2.05, 4.69) is 10.7 Å². The molecule has 0 aliphatic carbocycles. The number of fused-ring (bicyclic) bond motifs is 1. The standard InChI is InChI=1S/C10H11N3O.C7H8O.C2H6.CH5N/c1-6-3-7-8(5-14)9(11)13(2)10(7)12-4-6;1-6-4-2-3-5-7(6)8;2*1-2/h3-5H,11H2,1-2H3;2-5,8H,1H3;1-2H3;2H2,1H3. The van der Waals surface area contributed by atoms with Crippen LogP contribution < -0.4 is 11.5 Å². The number of nitrogens with zero attached hydrogens (tertiary/aromatic N) is 2. The van der Waals surface area contributed by atoms with Crippen LogP contribution in [0.4, 0.5) is 5.82 Å². The number of aryl methyl sites for hydroxylation is 3. The SMILES string of the molecule is CC.CN.Cc1ccccc1O.Cc1cnc2c(c1)c(C=O)c(N)n2C. The second kappa shape index (κ2) is 11.7. The predicted molar refractivity (Wildman–Crippen MR) is 110 cm³/mol. The Morgan fingerprint density at radius 3 is 2.19 bits per heavy atom. The summed E-state index contributed by atoms with van der Waals surface area (Å²) in [7, 11) is 3.30. The van der Waals surface area contributed by atoms with E-state index in [9.17, 15) is 4.79 Å². The number of carbonyl (C=O) groups is 1. The van der Waals surface area contributed by atoms with Gasteiger partial charge in [0.25, 0.3) is 0 Å². The van der Waals surface area contributed by atoms with Crippen LogP contribution in [-0.2, 0) is 7.05 Å². The number of hydrogen-bond acceptors (Lipinski definition) is 5. The predicted octanol–water partition coefficient (Wildman–Crippen LogP) is 3.58. The Morgan fingerprint density at radius 2 is 1.73 bits per heavy atom. The van der Waals surface area contributed by atoms with Gasteiger partial charge in [-0.2, -0.15) is 0 Å². The number of para-hydroxylation sites is 1. The van der Waals surface area contributed by atoms with Crippen LogP contribution in [-0.4, -0.2) is 28.0 Å². The molecule has 0 aliphatic heterocycles. The number of hydrogen-bond donors (Lipinski definition) is 3. The summed E-state index contributed by atoms with van der Waals surface area (Å²) < 4.78 is 1.72. The van der Waals surface area contributed by atoms with Gasteiger partial charge in [-0.3, -0.25) is 4.79 Å². The third kappa shape index (κ3) is 5.60. The number of aromatic nitrogens is 2. The molecule has 5 N–H and O–H groups in total. The van der Waals surface area contributed by atoms with Gasteiger partial charge in [0.1, 0.15) is 17.2 Å². The van der Waals surface area contributed by atoms with E-state index in [0.29, 0.717) is 17.1 Å². The van der Waals surface area contributed by atoms with E-state index in [1.165, 1.54) is 7.05 Å². The second-order valence-corrected chi connectivity index (χ2v) is 5.15.